The van der Waals surface area contributed by atoms with Crippen molar-refractivity contribution < 1.29 is 27.0 Å². The van der Waals surface area contributed by atoms with Crippen molar-refractivity contribution in [2.75, 3.05) is 0 Å². The summed E-state index contributed by atoms with van der Waals surface area (Å²) in [6, 6.07) is 0. The second-order valence-electron chi connectivity index (χ2n) is 4.66. The molecule has 0 aromatic heterocycles. The molecule has 0 fully saturated rings. The first kappa shape index (κ1) is 19.3. The van der Waals surface area contributed by atoms with Crippen molar-refractivity contribution in [2.45, 2.75) is 84.0 Å². The van der Waals surface area contributed by atoms with Crippen molar-refractivity contribution >= 4 is 5.97 Å². The fourth-order valence-corrected chi connectivity index (χ4v) is 1.93. The van der Waals surface area contributed by atoms with Crippen LogP contribution in [0.2, 0.25) is 0 Å². The van der Waals surface area contributed by atoms with Gasteiger partial charge in [-0.15, -0.1) is 0 Å². The number of carbonyl (C=O) groups excluding carboxylic acids is 1. The van der Waals surface area contributed by atoms with Crippen LogP contribution in [0.1, 0.15) is 84.0 Å². The van der Waals surface area contributed by atoms with Crippen LogP contribution in [-0.2, 0) is 21.9 Å². The zero-order valence-electron chi connectivity index (χ0n) is 11.2. The first-order valence-electron chi connectivity index (χ1n) is 6.97. The molecule has 0 unspecified atom stereocenters. The first-order valence-corrected chi connectivity index (χ1v) is 6.97. The number of aliphatic carboxylic acids is 1. The van der Waals surface area contributed by atoms with Crippen LogP contribution in [0.4, 0.5) is 0 Å². The van der Waals surface area contributed by atoms with Gasteiger partial charge in [-0.05, 0) is 12.8 Å². The van der Waals surface area contributed by atoms with Crippen molar-refractivity contribution in [2.24, 2.45) is 0 Å². The van der Waals surface area contributed by atoms with Crippen LogP contribution < -0.4 is 5.11 Å². The van der Waals surface area contributed by atoms with E-state index in [1.807, 2.05) is 0 Å². The summed E-state index contributed by atoms with van der Waals surface area (Å²) in [6.45, 7) is 2.24. The molecule has 1 radical (unpaired) electrons. The van der Waals surface area contributed by atoms with Gasteiger partial charge in [0, 0.05) is 5.97 Å². The van der Waals surface area contributed by atoms with E-state index in [1.54, 1.807) is 0 Å². The zero-order valence-corrected chi connectivity index (χ0v) is 12.4. The maximum Gasteiger partial charge on any atom is 2.00 e. The van der Waals surface area contributed by atoms with Gasteiger partial charge >= 0.3 is 17.1 Å². The van der Waals surface area contributed by atoms with Gasteiger partial charge in [-0.25, -0.2) is 0 Å². The minimum Gasteiger partial charge on any atom is -0.550 e. The molecule has 0 aromatic rings. The van der Waals surface area contributed by atoms with Crippen molar-refractivity contribution in [3.8, 4) is 0 Å². The van der Waals surface area contributed by atoms with E-state index >= 15 is 0 Å². The number of rotatable bonds is 12. The van der Waals surface area contributed by atoms with Gasteiger partial charge in [0.2, 0.25) is 0 Å². The summed E-state index contributed by atoms with van der Waals surface area (Å²) in [4.78, 5) is 10.1. The van der Waals surface area contributed by atoms with E-state index in [-0.39, 0.29) is 23.5 Å². The molecule has 0 heterocycles. The Morgan fingerprint density at radius 1 is 0.765 bits per heavy atom. The standard InChI is InChI=1S/C14H28O2.Mn/c1-2-3-4-5-6-7-8-9-10-11-12-13-14(15)16;/h2-13H2,1H3,(H,15,16);/q;+2/p-1. The molecular formula is C14H27MnO2+. The zero-order chi connectivity index (χ0) is 12.1. The van der Waals surface area contributed by atoms with E-state index in [1.165, 1.54) is 57.8 Å². The van der Waals surface area contributed by atoms with E-state index in [2.05, 4.69) is 6.92 Å². The summed E-state index contributed by atoms with van der Waals surface area (Å²) in [6.07, 6.45) is 14.0. The minimum atomic E-state index is -0.907. The second-order valence-corrected chi connectivity index (χ2v) is 4.66. The maximum absolute atomic E-state index is 10.1. The van der Waals surface area contributed by atoms with Gasteiger partial charge in [0.15, 0.2) is 0 Å². The largest absolute Gasteiger partial charge is 2.00 e. The normalized spacial score (nSPS) is 9.94. The number of hydrogen-bond acceptors (Lipinski definition) is 2. The van der Waals surface area contributed by atoms with Gasteiger partial charge in [0.1, 0.15) is 0 Å². The van der Waals surface area contributed by atoms with Crippen LogP contribution >= 0.6 is 0 Å². The van der Waals surface area contributed by atoms with Gasteiger partial charge < -0.3 is 9.90 Å². The minimum absolute atomic E-state index is 0. The second kappa shape index (κ2) is 16.0. The Bertz CT molecular complexity index is 160. The Morgan fingerprint density at radius 3 is 1.47 bits per heavy atom. The Morgan fingerprint density at radius 2 is 1.12 bits per heavy atom. The molecule has 17 heavy (non-hydrogen) atoms. The number of carbonyl (C=O) groups is 1. The molecule has 0 saturated heterocycles. The summed E-state index contributed by atoms with van der Waals surface area (Å²) in [5.41, 5.74) is 0. The molecule has 0 aliphatic rings. The average molecular weight is 282 g/mol. The summed E-state index contributed by atoms with van der Waals surface area (Å²) >= 11 is 0. The topological polar surface area (TPSA) is 40.1 Å². The molecule has 0 spiro atoms. The Hall–Kier alpha value is -0.0105. The molecule has 2 nitrogen and oxygen atoms in total. The molecule has 0 atom stereocenters. The van der Waals surface area contributed by atoms with Gasteiger partial charge in [-0.2, -0.15) is 0 Å². The van der Waals surface area contributed by atoms with E-state index in [9.17, 15) is 9.90 Å². The molecule has 0 N–H and O–H groups in total. The molecule has 0 bridgehead atoms. The smallest absolute Gasteiger partial charge is 0.550 e. The van der Waals surface area contributed by atoms with Gasteiger partial charge in [0.25, 0.3) is 0 Å². The Labute approximate surface area is 117 Å². The van der Waals surface area contributed by atoms with Crippen LogP contribution in [0.5, 0.6) is 0 Å². The van der Waals surface area contributed by atoms with Crippen LogP contribution in [-0.4, -0.2) is 5.97 Å². The fraction of sp³-hybridized carbons (Fsp3) is 0.929. The number of hydrogen-bond donors (Lipinski definition) is 0. The summed E-state index contributed by atoms with van der Waals surface area (Å²) in [7, 11) is 0. The molecule has 0 aliphatic carbocycles. The molecule has 0 aromatic carbocycles. The van der Waals surface area contributed by atoms with Crippen LogP contribution in [0.25, 0.3) is 0 Å². The molecule has 0 amide bonds. The summed E-state index contributed by atoms with van der Waals surface area (Å²) in [5.74, 6) is -0.907. The van der Waals surface area contributed by atoms with E-state index in [4.69, 9.17) is 0 Å². The van der Waals surface area contributed by atoms with E-state index in [0.29, 0.717) is 0 Å². The molecule has 101 valence electrons. The van der Waals surface area contributed by atoms with Gasteiger partial charge in [-0.1, -0.05) is 71.1 Å². The van der Waals surface area contributed by atoms with E-state index < -0.39 is 5.97 Å². The third-order valence-corrected chi connectivity index (χ3v) is 2.98. The Kier molecular flexibility index (Phi) is 18.2. The fourth-order valence-electron chi connectivity index (χ4n) is 1.93. The number of carboxylic acids is 1. The van der Waals surface area contributed by atoms with Crippen molar-refractivity contribution in [1.29, 1.82) is 0 Å². The predicted octanol–water partition coefficient (Wildman–Crippen LogP) is 3.43. The average Bonchev–Trinajstić information content (AvgIpc) is 2.25. The van der Waals surface area contributed by atoms with Crippen LogP contribution in [0.15, 0.2) is 0 Å². The SMILES string of the molecule is CCCCCCCCCCCCCC(=O)[O-].[Mn+2]. The van der Waals surface area contributed by atoms with Crippen LogP contribution in [0, 0.1) is 0 Å². The molecular weight excluding hydrogens is 255 g/mol. The molecule has 3 heteroatoms. The number of carboxylic acid groups (broad SMARTS) is 1. The van der Waals surface area contributed by atoms with Crippen molar-refractivity contribution in [3.05, 3.63) is 0 Å². The van der Waals surface area contributed by atoms with Gasteiger partial charge in [-0.3, -0.25) is 0 Å². The molecule has 0 aliphatic heterocycles. The summed E-state index contributed by atoms with van der Waals surface area (Å²) < 4.78 is 0. The van der Waals surface area contributed by atoms with Crippen LogP contribution in [0.3, 0.4) is 0 Å². The number of unbranched alkanes of at least 4 members (excludes halogenated alkanes) is 10. The van der Waals surface area contributed by atoms with E-state index in [0.717, 1.165) is 12.8 Å². The Balaban J connectivity index is 0. The van der Waals surface area contributed by atoms with Gasteiger partial charge in [0.05, 0.1) is 0 Å². The quantitative estimate of drug-likeness (QED) is 0.406. The maximum atomic E-state index is 10.1. The molecule has 0 saturated carbocycles. The van der Waals surface area contributed by atoms with Crippen molar-refractivity contribution in [3.63, 3.8) is 0 Å². The van der Waals surface area contributed by atoms with Crippen molar-refractivity contribution in [1.82, 2.24) is 0 Å². The molecule has 0 rings (SSSR count). The third-order valence-electron chi connectivity index (χ3n) is 2.98. The first-order chi connectivity index (χ1) is 7.77. The summed E-state index contributed by atoms with van der Waals surface area (Å²) in [5, 5.41) is 10.1. The third kappa shape index (κ3) is 18.5. The monoisotopic (exact) mass is 282 g/mol. The predicted molar refractivity (Wildman–Crippen MR) is 66.1 cm³/mol.